The number of nitrogen functional groups attached to an aromatic ring is 1. The lowest BCUT2D eigenvalue weighted by Gasteiger charge is -2.11. The van der Waals surface area contributed by atoms with Crippen molar-refractivity contribution in [1.29, 1.82) is 0 Å². The third-order valence-electron chi connectivity index (χ3n) is 1.89. The molecule has 0 fully saturated rings. The molecule has 16 heavy (non-hydrogen) atoms. The molecule has 0 saturated carbocycles. The van der Waals surface area contributed by atoms with Crippen molar-refractivity contribution in [3.05, 3.63) is 18.5 Å². The van der Waals surface area contributed by atoms with Gasteiger partial charge in [-0.15, -0.1) is 0 Å². The van der Waals surface area contributed by atoms with Crippen LogP contribution in [-0.4, -0.2) is 34.0 Å². The lowest BCUT2D eigenvalue weighted by molar-refractivity contribution is 0.969. The molecule has 0 radical (unpaired) electrons. The van der Waals surface area contributed by atoms with Gasteiger partial charge in [0.05, 0.1) is 5.69 Å². The molecular weight excluding hydrogens is 206 g/mol. The van der Waals surface area contributed by atoms with Crippen LogP contribution in [0.25, 0.3) is 0 Å². The van der Waals surface area contributed by atoms with Crippen LogP contribution >= 0.6 is 0 Å². The first kappa shape index (κ1) is 10.2. The topological polar surface area (TPSA) is 95.8 Å². The maximum atomic E-state index is 5.59. The molecule has 7 nitrogen and oxygen atoms in total. The van der Waals surface area contributed by atoms with Crippen LogP contribution in [0, 0.1) is 0 Å². The van der Waals surface area contributed by atoms with E-state index in [9.17, 15) is 0 Å². The minimum atomic E-state index is 0.191. The molecule has 0 unspecified atom stereocenters. The maximum absolute atomic E-state index is 5.59. The Labute approximate surface area is 92.7 Å². The van der Waals surface area contributed by atoms with Crippen LogP contribution in [0.15, 0.2) is 18.5 Å². The van der Waals surface area contributed by atoms with Gasteiger partial charge in [0.25, 0.3) is 0 Å². The fourth-order valence-electron chi connectivity index (χ4n) is 1.17. The van der Waals surface area contributed by atoms with E-state index in [0.29, 0.717) is 11.9 Å². The summed E-state index contributed by atoms with van der Waals surface area (Å²) in [6.07, 6.45) is 3.61. The van der Waals surface area contributed by atoms with Gasteiger partial charge in [0.1, 0.15) is 0 Å². The van der Waals surface area contributed by atoms with Crippen molar-refractivity contribution >= 4 is 23.5 Å². The molecule has 0 aliphatic rings. The summed E-state index contributed by atoms with van der Waals surface area (Å²) < 4.78 is 0. The van der Waals surface area contributed by atoms with E-state index >= 15 is 0 Å². The summed E-state index contributed by atoms with van der Waals surface area (Å²) in [5.41, 5.74) is 6.46. The number of anilines is 4. The monoisotopic (exact) mass is 219 g/mol. The highest BCUT2D eigenvalue weighted by Gasteiger charge is 2.06. The second kappa shape index (κ2) is 4.05. The Bertz CT molecular complexity index is 463. The molecule has 84 valence electrons. The molecule has 0 aromatic carbocycles. The number of nitrogens with zero attached hydrogens (tertiary/aromatic N) is 4. The zero-order valence-corrected chi connectivity index (χ0v) is 9.10. The quantitative estimate of drug-likeness (QED) is 0.699. The van der Waals surface area contributed by atoms with Crippen LogP contribution in [-0.2, 0) is 0 Å². The van der Waals surface area contributed by atoms with Crippen LogP contribution < -0.4 is 16.0 Å². The number of nitrogens with two attached hydrogens (primary N) is 1. The van der Waals surface area contributed by atoms with Gasteiger partial charge in [-0.25, -0.2) is 0 Å². The van der Waals surface area contributed by atoms with Crippen LogP contribution in [0.4, 0.5) is 23.5 Å². The fraction of sp³-hybridized carbons (Fsp3) is 0.222. The molecule has 2 aromatic rings. The number of H-pyrrole nitrogens is 1. The fourth-order valence-corrected chi connectivity index (χ4v) is 1.17. The second-order valence-corrected chi connectivity index (χ2v) is 3.44. The number of nitrogens with one attached hydrogen (secondary N) is 2. The second-order valence-electron chi connectivity index (χ2n) is 3.44. The Balaban J connectivity index is 2.27. The number of aromatic nitrogens is 4. The zero-order chi connectivity index (χ0) is 11.5. The van der Waals surface area contributed by atoms with Crippen molar-refractivity contribution in [2.75, 3.05) is 30.0 Å². The third-order valence-corrected chi connectivity index (χ3v) is 1.89. The molecule has 0 aliphatic heterocycles. The number of aromatic amines is 1. The molecule has 0 spiro atoms. The van der Waals surface area contributed by atoms with Crippen LogP contribution in [0.5, 0.6) is 0 Å². The van der Waals surface area contributed by atoms with Crippen LogP contribution in [0.1, 0.15) is 0 Å². The first-order valence-electron chi connectivity index (χ1n) is 4.74. The zero-order valence-electron chi connectivity index (χ0n) is 9.10. The lowest BCUT2D eigenvalue weighted by Crippen LogP contribution is -2.15. The average Bonchev–Trinajstić information content (AvgIpc) is 2.69. The van der Waals surface area contributed by atoms with Crippen molar-refractivity contribution in [2.24, 2.45) is 0 Å². The smallest absolute Gasteiger partial charge is 0.233 e. The maximum Gasteiger partial charge on any atom is 0.233 e. The van der Waals surface area contributed by atoms with E-state index in [1.807, 2.05) is 20.2 Å². The molecule has 7 heteroatoms. The highest BCUT2D eigenvalue weighted by Crippen LogP contribution is 2.14. The summed E-state index contributed by atoms with van der Waals surface area (Å²) in [6, 6.07) is 1.87. The molecular formula is C9H13N7. The molecule has 0 saturated heterocycles. The van der Waals surface area contributed by atoms with Gasteiger partial charge < -0.3 is 20.9 Å². The van der Waals surface area contributed by atoms with Gasteiger partial charge in [0.2, 0.25) is 17.8 Å². The Morgan fingerprint density at radius 3 is 2.75 bits per heavy atom. The summed E-state index contributed by atoms with van der Waals surface area (Å²) in [5.74, 6) is 1.14. The molecule has 0 amide bonds. The average molecular weight is 219 g/mol. The van der Waals surface area contributed by atoms with E-state index in [1.165, 1.54) is 0 Å². The Kier molecular flexibility index (Phi) is 2.59. The van der Waals surface area contributed by atoms with Gasteiger partial charge in [0.15, 0.2) is 0 Å². The van der Waals surface area contributed by atoms with Crippen molar-refractivity contribution in [2.45, 2.75) is 0 Å². The molecule has 2 rings (SSSR count). The summed E-state index contributed by atoms with van der Waals surface area (Å²) in [7, 11) is 3.68. The normalized spacial score (nSPS) is 10.1. The predicted octanol–water partition coefficient (Wildman–Crippen LogP) is 0.591. The Hall–Kier alpha value is -2.31. The highest BCUT2D eigenvalue weighted by molar-refractivity contribution is 5.54. The van der Waals surface area contributed by atoms with Crippen molar-refractivity contribution in [3.8, 4) is 0 Å². The standard InChI is InChI=1S/C9H13N7/c1-16(2)9-14-7(10)13-8(15-9)12-6-3-4-11-5-6/h3-5,11H,1-2H3,(H3,10,12,13,14,15). The predicted molar refractivity (Wildman–Crippen MR) is 62.6 cm³/mol. The minimum Gasteiger partial charge on any atom is -0.368 e. The van der Waals surface area contributed by atoms with E-state index in [1.54, 1.807) is 17.3 Å². The SMILES string of the molecule is CN(C)c1nc(N)nc(Nc2cc[nH]c2)n1. The summed E-state index contributed by atoms with van der Waals surface area (Å²) in [6.45, 7) is 0. The van der Waals surface area contributed by atoms with Gasteiger partial charge in [-0.3, -0.25) is 0 Å². The molecule has 0 aliphatic carbocycles. The summed E-state index contributed by atoms with van der Waals surface area (Å²) in [5, 5.41) is 3.02. The van der Waals surface area contributed by atoms with E-state index < -0.39 is 0 Å². The number of hydrogen-bond acceptors (Lipinski definition) is 6. The largest absolute Gasteiger partial charge is 0.368 e. The van der Waals surface area contributed by atoms with E-state index in [0.717, 1.165) is 5.69 Å². The molecule has 4 N–H and O–H groups in total. The Morgan fingerprint density at radius 2 is 2.12 bits per heavy atom. The van der Waals surface area contributed by atoms with Gasteiger partial charge >= 0.3 is 0 Å². The van der Waals surface area contributed by atoms with Crippen LogP contribution in [0.2, 0.25) is 0 Å². The molecule has 0 atom stereocenters. The molecule has 2 aromatic heterocycles. The van der Waals surface area contributed by atoms with E-state index in [2.05, 4.69) is 25.3 Å². The number of rotatable bonds is 3. The first-order chi connectivity index (χ1) is 7.65. The van der Waals surface area contributed by atoms with Crippen LogP contribution in [0.3, 0.4) is 0 Å². The van der Waals surface area contributed by atoms with Crippen molar-refractivity contribution < 1.29 is 0 Å². The lowest BCUT2D eigenvalue weighted by atomic mass is 10.5. The van der Waals surface area contributed by atoms with Gasteiger partial charge in [-0.2, -0.15) is 15.0 Å². The van der Waals surface area contributed by atoms with Gasteiger partial charge in [-0.05, 0) is 6.07 Å². The minimum absolute atomic E-state index is 0.191. The van der Waals surface area contributed by atoms with Gasteiger partial charge in [-0.1, -0.05) is 0 Å². The summed E-state index contributed by atoms with van der Waals surface area (Å²) in [4.78, 5) is 16.9. The van der Waals surface area contributed by atoms with Crippen molar-refractivity contribution in [1.82, 2.24) is 19.9 Å². The Morgan fingerprint density at radius 1 is 1.31 bits per heavy atom. The van der Waals surface area contributed by atoms with E-state index in [-0.39, 0.29) is 5.95 Å². The van der Waals surface area contributed by atoms with Crippen molar-refractivity contribution in [3.63, 3.8) is 0 Å². The first-order valence-corrected chi connectivity index (χ1v) is 4.74. The summed E-state index contributed by atoms with van der Waals surface area (Å²) >= 11 is 0. The third kappa shape index (κ3) is 2.19. The molecule has 0 bridgehead atoms. The van der Waals surface area contributed by atoms with E-state index in [4.69, 9.17) is 5.73 Å². The van der Waals surface area contributed by atoms with Gasteiger partial charge in [0, 0.05) is 26.5 Å². The number of hydrogen-bond donors (Lipinski definition) is 3. The highest BCUT2D eigenvalue weighted by atomic mass is 15.3. The molecule has 2 heterocycles.